The first-order valence-electron chi connectivity index (χ1n) is 11.2. The van der Waals surface area contributed by atoms with Crippen molar-refractivity contribution in [1.29, 1.82) is 0 Å². The molecule has 33 heavy (non-hydrogen) atoms. The molecule has 0 fully saturated rings. The number of pyridine rings is 1. The Hall–Kier alpha value is -4.43. The van der Waals surface area contributed by atoms with Crippen LogP contribution in [-0.2, 0) is 0 Å². The maximum atomic E-state index is 4.72. The lowest BCUT2D eigenvalue weighted by Crippen LogP contribution is -2.36. The van der Waals surface area contributed by atoms with Crippen LogP contribution in [0, 0.1) is 0 Å². The summed E-state index contributed by atoms with van der Waals surface area (Å²) in [4.78, 5) is 4.72. The molecule has 0 radical (unpaired) electrons. The Morgan fingerprint density at radius 1 is 0.455 bits per heavy atom. The molecular formula is C31H22N2. The third-order valence-electron chi connectivity index (χ3n) is 6.06. The molecule has 0 aliphatic heterocycles. The first kappa shape index (κ1) is 19.3. The SMILES string of the molecule is c1ccc(-c2cc(-c3ccccc3)[n+](-c3c[n-]c4ccccc34)c(-c3ccccc3)c2)cc1. The highest BCUT2D eigenvalue weighted by Crippen LogP contribution is 2.31. The minimum absolute atomic E-state index is 1.00. The van der Waals surface area contributed by atoms with Gasteiger partial charge in [0.1, 0.15) is 0 Å². The van der Waals surface area contributed by atoms with E-state index < -0.39 is 0 Å². The van der Waals surface area contributed by atoms with Gasteiger partial charge in [0, 0.05) is 28.6 Å². The molecule has 0 aliphatic carbocycles. The Morgan fingerprint density at radius 2 is 0.939 bits per heavy atom. The minimum atomic E-state index is 1.00. The van der Waals surface area contributed by atoms with Crippen LogP contribution >= 0.6 is 0 Å². The van der Waals surface area contributed by atoms with Crippen molar-refractivity contribution in [2.24, 2.45) is 0 Å². The Morgan fingerprint density at radius 3 is 1.52 bits per heavy atom. The van der Waals surface area contributed by atoms with E-state index in [0.717, 1.165) is 39.1 Å². The number of fused-ring (bicyclic) bond motifs is 1. The number of aromatic nitrogens is 2. The van der Waals surface area contributed by atoms with Crippen LogP contribution < -0.4 is 9.55 Å². The molecule has 2 heterocycles. The highest BCUT2D eigenvalue weighted by molar-refractivity contribution is 5.87. The van der Waals surface area contributed by atoms with Gasteiger partial charge in [-0.05, 0) is 41.5 Å². The molecule has 2 nitrogen and oxygen atoms in total. The molecule has 0 bridgehead atoms. The Labute approximate surface area is 193 Å². The zero-order chi connectivity index (χ0) is 22.0. The molecule has 0 unspecified atom stereocenters. The summed E-state index contributed by atoms with van der Waals surface area (Å²) in [5.74, 6) is 0. The van der Waals surface area contributed by atoms with Crippen LogP contribution in [0.1, 0.15) is 0 Å². The van der Waals surface area contributed by atoms with E-state index in [1.54, 1.807) is 0 Å². The van der Waals surface area contributed by atoms with Gasteiger partial charge in [-0.2, -0.15) is 4.57 Å². The second-order valence-electron chi connectivity index (χ2n) is 8.11. The van der Waals surface area contributed by atoms with Crippen LogP contribution in [0.2, 0.25) is 0 Å². The molecule has 156 valence electrons. The van der Waals surface area contributed by atoms with E-state index in [9.17, 15) is 0 Å². The van der Waals surface area contributed by atoms with Gasteiger partial charge in [0.05, 0.1) is 0 Å². The summed E-state index contributed by atoms with van der Waals surface area (Å²) >= 11 is 0. The molecule has 0 spiro atoms. The van der Waals surface area contributed by atoms with Crippen LogP contribution in [0.15, 0.2) is 134 Å². The fraction of sp³-hybridized carbons (Fsp3) is 0. The molecule has 6 aromatic rings. The Balaban J connectivity index is 1.74. The lowest BCUT2D eigenvalue weighted by atomic mass is 9.98. The van der Waals surface area contributed by atoms with Crippen molar-refractivity contribution in [2.75, 3.05) is 0 Å². The molecule has 6 rings (SSSR count). The van der Waals surface area contributed by atoms with Gasteiger partial charge in [-0.1, -0.05) is 84.9 Å². The van der Waals surface area contributed by atoms with E-state index in [1.807, 2.05) is 12.3 Å². The molecule has 0 amide bonds. The summed E-state index contributed by atoms with van der Waals surface area (Å²) in [5.41, 5.74) is 9.07. The van der Waals surface area contributed by atoms with Crippen molar-refractivity contribution in [1.82, 2.24) is 4.98 Å². The standard InChI is InChI=1S/C31H22N2/c1-4-12-23(13-5-1)26-20-29(24-14-6-2-7-15-24)33(30(21-26)25-16-8-3-9-17-25)31-22-32-28-19-11-10-18-27(28)31/h1-22H. The number of para-hydroxylation sites is 1. The van der Waals surface area contributed by atoms with E-state index in [4.69, 9.17) is 4.98 Å². The van der Waals surface area contributed by atoms with Crippen LogP contribution in [0.5, 0.6) is 0 Å². The number of benzene rings is 4. The summed E-state index contributed by atoms with van der Waals surface area (Å²) in [6.45, 7) is 0. The maximum Gasteiger partial charge on any atom is 0.219 e. The molecule has 0 saturated heterocycles. The van der Waals surface area contributed by atoms with E-state index >= 15 is 0 Å². The van der Waals surface area contributed by atoms with E-state index in [1.165, 1.54) is 11.1 Å². The first-order valence-corrected chi connectivity index (χ1v) is 11.2. The summed E-state index contributed by atoms with van der Waals surface area (Å²) in [6, 6.07) is 44.7. The van der Waals surface area contributed by atoms with Crippen LogP contribution in [-0.4, -0.2) is 0 Å². The van der Waals surface area contributed by atoms with Crippen LogP contribution in [0.3, 0.4) is 0 Å². The van der Waals surface area contributed by atoms with Gasteiger partial charge in [0.2, 0.25) is 11.4 Å². The van der Waals surface area contributed by atoms with E-state index in [2.05, 4.69) is 126 Å². The summed E-state index contributed by atoms with van der Waals surface area (Å²) < 4.78 is 2.35. The molecule has 0 saturated carbocycles. The van der Waals surface area contributed by atoms with Gasteiger partial charge in [0.15, 0.2) is 5.69 Å². The average molecular weight is 423 g/mol. The number of hydrogen-bond donors (Lipinski definition) is 0. The molecule has 0 aliphatic rings. The van der Waals surface area contributed by atoms with Gasteiger partial charge in [-0.25, -0.2) is 0 Å². The average Bonchev–Trinajstić information content (AvgIpc) is 3.33. The van der Waals surface area contributed by atoms with Crippen molar-refractivity contribution in [3.63, 3.8) is 0 Å². The molecule has 2 aromatic heterocycles. The largest absolute Gasteiger partial charge is 0.658 e. The highest BCUT2D eigenvalue weighted by atomic mass is 15.0. The quantitative estimate of drug-likeness (QED) is 0.278. The zero-order valence-electron chi connectivity index (χ0n) is 18.1. The van der Waals surface area contributed by atoms with Gasteiger partial charge in [-0.3, -0.25) is 0 Å². The van der Waals surface area contributed by atoms with Crippen molar-refractivity contribution in [3.8, 4) is 39.3 Å². The molecule has 2 heteroatoms. The van der Waals surface area contributed by atoms with Crippen molar-refractivity contribution >= 4 is 10.9 Å². The van der Waals surface area contributed by atoms with Gasteiger partial charge < -0.3 is 4.98 Å². The lowest BCUT2D eigenvalue weighted by Gasteiger charge is -2.13. The second kappa shape index (κ2) is 8.25. The molecule has 0 atom stereocenters. The predicted octanol–water partition coefficient (Wildman–Crippen LogP) is 7.07. The number of hydrogen-bond acceptors (Lipinski definition) is 0. The summed E-state index contributed by atoms with van der Waals surface area (Å²) in [7, 11) is 0. The maximum absolute atomic E-state index is 4.72. The third-order valence-corrected chi connectivity index (χ3v) is 6.06. The first-order chi connectivity index (χ1) is 16.4. The fourth-order valence-corrected chi connectivity index (χ4v) is 4.48. The van der Waals surface area contributed by atoms with Gasteiger partial charge >= 0.3 is 0 Å². The molecule has 0 N–H and O–H groups in total. The smallest absolute Gasteiger partial charge is 0.219 e. The van der Waals surface area contributed by atoms with Gasteiger partial charge in [0.25, 0.3) is 0 Å². The normalized spacial score (nSPS) is 11.0. The van der Waals surface area contributed by atoms with Crippen molar-refractivity contribution < 1.29 is 4.57 Å². The fourth-order valence-electron chi connectivity index (χ4n) is 4.48. The number of rotatable bonds is 4. The summed E-state index contributed by atoms with van der Waals surface area (Å²) in [5, 5.41) is 1.14. The number of nitrogens with zero attached hydrogens (tertiary/aromatic N) is 2. The van der Waals surface area contributed by atoms with Crippen LogP contribution in [0.4, 0.5) is 0 Å². The van der Waals surface area contributed by atoms with E-state index in [-0.39, 0.29) is 0 Å². The topological polar surface area (TPSA) is 18.0 Å². The lowest BCUT2D eigenvalue weighted by molar-refractivity contribution is -0.570. The predicted molar refractivity (Wildman–Crippen MR) is 135 cm³/mol. The molecule has 4 aromatic carbocycles. The monoisotopic (exact) mass is 422 g/mol. The third kappa shape index (κ3) is 3.52. The minimum Gasteiger partial charge on any atom is -0.658 e. The Kier molecular flexibility index (Phi) is 4.82. The molecular weight excluding hydrogens is 400 g/mol. The van der Waals surface area contributed by atoms with Gasteiger partial charge in [-0.15, -0.1) is 11.7 Å². The van der Waals surface area contributed by atoms with E-state index in [0.29, 0.717) is 0 Å². The highest BCUT2D eigenvalue weighted by Gasteiger charge is 2.25. The Bertz CT molecular complexity index is 1470. The summed E-state index contributed by atoms with van der Waals surface area (Å²) in [6.07, 6.45) is 1.99. The van der Waals surface area contributed by atoms with Crippen LogP contribution in [0.25, 0.3) is 50.2 Å². The van der Waals surface area contributed by atoms with Crippen molar-refractivity contribution in [3.05, 3.63) is 134 Å². The zero-order valence-corrected chi connectivity index (χ0v) is 18.1. The second-order valence-corrected chi connectivity index (χ2v) is 8.11. The van der Waals surface area contributed by atoms with Crippen molar-refractivity contribution in [2.45, 2.75) is 0 Å².